The van der Waals surface area contributed by atoms with Gasteiger partial charge in [-0.05, 0) is 31.6 Å². The SMILES string of the molecule is CCC1(C(F)(F)F)C=Cc2ccc(F)c(C)c2O1. The third-order valence-electron chi connectivity index (χ3n) is 3.19. The molecule has 5 heteroatoms. The Hall–Kier alpha value is -1.52. The molecule has 1 heterocycles. The smallest absolute Gasteiger partial charge is 0.432 e. The maximum absolute atomic E-state index is 13.4. The first-order chi connectivity index (χ1) is 8.31. The summed E-state index contributed by atoms with van der Waals surface area (Å²) >= 11 is 0. The van der Waals surface area contributed by atoms with Crippen LogP contribution in [0.25, 0.3) is 6.08 Å². The fraction of sp³-hybridized carbons (Fsp3) is 0.385. The molecule has 1 unspecified atom stereocenters. The van der Waals surface area contributed by atoms with Gasteiger partial charge in [-0.15, -0.1) is 0 Å². The van der Waals surface area contributed by atoms with Gasteiger partial charge in [0.1, 0.15) is 11.6 Å². The molecule has 0 aromatic heterocycles. The molecule has 0 saturated carbocycles. The van der Waals surface area contributed by atoms with Gasteiger partial charge in [-0.3, -0.25) is 0 Å². The number of ether oxygens (including phenoxy) is 1. The van der Waals surface area contributed by atoms with Gasteiger partial charge in [0.05, 0.1) is 0 Å². The van der Waals surface area contributed by atoms with Crippen LogP contribution in [0.5, 0.6) is 5.75 Å². The normalized spacial score (nSPS) is 22.6. The lowest BCUT2D eigenvalue weighted by Crippen LogP contribution is -2.49. The molecule has 0 radical (unpaired) electrons. The first-order valence-corrected chi connectivity index (χ1v) is 5.55. The number of hydrogen-bond donors (Lipinski definition) is 0. The van der Waals surface area contributed by atoms with Crippen molar-refractivity contribution in [2.75, 3.05) is 0 Å². The third-order valence-corrected chi connectivity index (χ3v) is 3.19. The van der Waals surface area contributed by atoms with Crippen molar-refractivity contribution in [3.05, 3.63) is 35.2 Å². The Morgan fingerprint density at radius 2 is 1.94 bits per heavy atom. The van der Waals surface area contributed by atoms with Crippen LogP contribution in [0.1, 0.15) is 24.5 Å². The molecule has 18 heavy (non-hydrogen) atoms. The zero-order valence-corrected chi connectivity index (χ0v) is 9.94. The first kappa shape index (κ1) is 12.9. The molecular formula is C13H12F4O. The average molecular weight is 260 g/mol. The minimum atomic E-state index is -4.53. The molecule has 0 N–H and O–H groups in total. The molecule has 1 aromatic carbocycles. The quantitative estimate of drug-likeness (QED) is 0.686. The van der Waals surface area contributed by atoms with Crippen LogP contribution in [-0.2, 0) is 0 Å². The van der Waals surface area contributed by atoms with Crippen molar-refractivity contribution in [2.45, 2.75) is 32.0 Å². The van der Waals surface area contributed by atoms with E-state index in [4.69, 9.17) is 4.74 Å². The minimum absolute atomic E-state index is 0.0309. The second-order valence-corrected chi connectivity index (χ2v) is 4.27. The largest absolute Gasteiger partial charge is 0.473 e. The maximum Gasteiger partial charge on any atom is 0.432 e. The second-order valence-electron chi connectivity index (χ2n) is 4.27. The Bertz CT molecular complexity index is 504. The Labute approximate surface area is 102 Å². The summed E-state index contributed by atoms with van der Waals surface area (Å²) in [6.07, 6.45) is -2.47. The third kappa shape index (κ3) is 1.78. The predicted octanol–water partition coefficient (Wildman–Crippen LogP) is 4.25. The van der Waals surface area contributed by atoms with Crippen LogP contribution in [0.3, 0.4) is 0 Å². The maximum atomic E-state index is 13.4. The summed E-state index contributed by atoms with van der Waals surface area (Å²) in [6.45, 7) is 2.79. The van der Waals surface area contributed by atoms with Crippen molar-refractivity contribution in [3.8, 4) is 5.75 Å². The molecule has 98 valence electrons. The van der Waals surface area contributed by atoms with E-state index in [1.54, 1.807) is 0 Å². The average Bonchev–Trinajstić information content (AvgIpc) is 2.32. The molecule has 1 atom stereocenters. The Kier molecular flexibility index (Phi) is 2.87. The van der Waals surface area contributed by atoms with Gasteiger partial charge in [0.2, 0.25) is 5.60 Å². The summed E-state index contributed by atoms with van der Waals surface area (Å²) in [5.74, 6) is -0.604. The van der Waals surface area contributed by atoms with Crippen LogP contribution in [-0.4, -0.2) is 11.8 Å². The van der Waals surface area contributed by atoms with Gasteiger partial charge in [-0.1, -0.05) is 13.0 Å². The molecule has 2 rings (SSSR count). The minimum Gasteiger partial charge on any atom is -0.473 e. The summed E-state index contributed by atoms with van der Waals surface area (Å²) in [5, 5.41) is 0. The molecule has 0 fully saturated rings. The van der Waals surface area contributed by atoms with E-state index >= 15 is 0 Å². The summed E-state index contributed by atoms with van der Waals surface area (Å²) in [7, 11) is 0. The highest BCUT2D eigenvalue weighted by Gasteiger charge is 2.55. The van der Waals surface area contributed by atoms with Crippen molar-refractivity contribution < 1.29 is 22.3 Å². The highest BCUT2D eigenvalue weighted by molar-refractivity contribution is 5.63. The molecule has 1 aromatic rings. The molecule has 0 spiro atoms. The van der Waals surface area contributed by atoms with Crippen LogP contribution >= 0.6 is 0 Å². The monoisotopic (exact) mass is 260 g/mol. The van der Waals surface area contributed by atoms with E-state index in [0.717, 1.165) is 6.08 Å². The van der Waals surface area contributed by atoms with Gasteiger partial charge in [-0.25, -0.2) is 4.39 Å². The molecule has 0 aliphatic carbocycles. The van der Waals surface area contributed by atoms with Crippen LogP contribution < -0.4 is 4.74 Å². The lowest BCUT2D eigenvalue weighted by molar-refractivity contribution is -0.230. The van der Waals surface area contributed by atoms with Crippen molar-refractivity contribution >= 4 is 6.08 Å². The van der Waals surface area contributed by atoms with E-state index < -0.39 is 17.6 Å². The van der Waals surface area contributed by atoms with Crippen LogP contribution in [0.4, 0.5) is 17.6 Å². The van der Waals surface area contributed by atoms with E-state index in [-0.39, 0.29) is 17.7 Å². The predicted molar refractivity (Wildman–Crippen MR) is 59.9 cm³/mol. The van der Waals surface area contributed by atoms with Crippen LogP contribution in [0.15, 0.2) is 18.2 Å². The fourth-order valence-corrected chi connectivity index (χ4v) is 1.94. The zero-order valence-electron chi connectivity index (χ0n) is 9.94. The second kappa shape index (κ2) is 4.00. The van der Waals surface area contributed by atoms with Gasteiger partial charge in [0.25, 0.3) is 0 Å². The van der Waals surface area contributed by atoms with E-state index in [1.165, 1.54) is 32.1 Å². The first-order valence-electron chi connectivity index (χ1n) is 5.55. The van der Waals surface area contributed by atoms with Gasteiger partial charge in [0.15, 0.2) is 0 Å². The molecular weight excluding hydrogens is 248 g/mol. The number of halogens is 4. The van der Waals surface area contributed by atoms with E-state index in [0.29, 0.717) is 5.56 Å². The van der Waals surface area contributed by atoms with Crippen LogP contribution in [0, 0.1) is 12.7 Å². The lowest BCUT2D eigenvalue weighted by Gasteiger charge is -2.36. The summed E-state index contributed by atoms with van der Waals surface area (Å²) in [5.41, 5.74) is -1.81. The number of benzene rings is 1. The van der Waals surface area contributed by atoms with E-state index in [2.05, 4.69) is 0 Å². The molecule has 0 saturated heterocycles. The van der Waals surface area contributed by atoms with Gasteiger partial charge < -0.3 is 4.74 Å². The fourth-order valence-electron chi connectivity index (χ4n) is 1.94. The molecule has 0 bridgehead atoms. The topological polar surface area (TPSA) is 9.23 Å². The van der Waals surface area contributed by atoms with Crippen molar-refractivity contribution in [2.24, 2.45) is 0 Å². The molecule has 1 aliphatic heterocycles. The van der Waals surface area contributed by atoms with E-state index in [9.17, 15) is 17.6 Å². The van der Waals surface area contributed by atoms with Gasteiger partial charge >= 0.3 is 6.18 Å². The van der Waals surface area contributed by atoms with Crippen molar-refractivity contribution in [3.63, 3.8) is 0 Å². The lowest BCUT2D eigenvalue weighted by atomic mass is 9.93. The standard InChI is InChI=1S/C13H12F4O/c1-3-12(13(15,16)17)7-6-9-4-5-10(14)8(2)11(9)18-12/h4-7H,3H2,1-2H3. The van der Waals surface area contributed by atoms with Crippen molar-refractivity contribution in [1.82, 2.24) is 0 Å². The van der Waals surface area contributed by atoms with Crippen molar-refractivity contribution in [1.29, 1.82) is 0 Å². The summed E-state index contributed by atoms with van der Waals surface area (Å²) in [6, 6.07) is 2.62. The number of alkyl halides is 3. The van der Waals surface area contributed by atoms with Gasteiger partial charge in [0, 0.05) is 11.1 Å². The Balaban J connectivity index is 2.55. The number of fused-ring (bicyclic) bond motifs is 1. The Morgan fingerprint density at radius 3 is 2.50 bits per heavy atom. The van der Waals surface area contributed by atoms with Gasteiger partial charge in [-0.2, -0.15) is 13.2 Å². The summed E-state index contributed by atoms with van der Waals surface area (Å²) < 4.78 is 57.6. The highest BCUT2D eigenvalue weighted by atomic mass is 19.4. The Morgan fingerprint density at radius 1 is 1.28 bits per heavy atom. The number of hydrogen-bond acceptors (Lipinski definition) is 1. The van der Waals surface area contributed by atoms with E-state index in [1.807, 2.05) is 0 Å². The molecule has 1 aliphatic rings. The zero-order chi connectivity index (χ0) is 13.6. The molecule has 0 amide bonds. The summed E-state index contributed by atoms with van der Waals surface area (Å²) in [4.78, 5) is 0. The highest BCUT2D eigenvalue weighted by Crippen LogP contribution is 2.44. The molecule has 1 nitrogen and oxygen atoms in total. The van der Waals surface area contributed by atoms with Crippen LogP contribution in [0.2, 0.25) is 0 Å². The number of rotatable bonds is 1.